The minimum absolute atomic E-state index is 0.266. The quantitative estimate of drug-likeness (QED) is 0.125. The van der Waals surface area contributed by atoms with Crippen LogP contribution in [0.15, 0.2) is 90.0 Å². The van der Waals surface area contributed by atoms with Crippen molar-refractivity contribution in [2.24, 2.45) is 5.10 Å². The summed E-state index contributed by atoms with van der Waals surface area (Å²) in [6.07, 6.45) is 1.35. The van der Waals surface area contributed by atoms with Gasteiger partial charge in [0.15, 0.2) is 0 Å². The second kappa shape index (κ2) is 11.6. The normalized spacial score (nSPS) is 10.8. The van der Waals surface area contributed by atoms with Crippen LogP contribution in [-0.2, 0) is 9.59 Å². The molecule has 0 aliphatic rings. The van der Waals surface area contributed by atoms with Crippen LogP contribution in [0, 0.1) is 6.92 Å². The van der Waals surface area contributed by atoms with E-state index in [1.165, 1.54) is 6.21 Å². The van der Waals surface area contributed by atoms with Gasteiger partial charge in [0, 0.05) is 11.3 Å². The molecule has 0 aromatic heterocycles. The van der Waals surface area contributed by atoms with Crippen molar-refractivity contribution in [1.82, 2.24) is 5.43 Å². The van der Waals surface area contributed by atoms with Gasteiger partial charge in [0.05, 0.1) is 18.4 Å². The molecule has 8 nitrogen and oxygen atoms in total. The van der Waals surface area contributed by atoms with E-state index in [9.17, 15) is 14.4 Å². The van der Waals surface area contributed by atoms with Crippen LogP contribution in [0.25, 0.3) is 10.8 Å². The minimum atomic E-state index is -0.955. The molecule has 4 aromatic carbocycles. The van der Waals surface area contributed by atoms with Crippen LogP contribution in [0.2, 0.25) is 0 Å². The van der Waals surface area contributed by atoms with Crippen molar-refractivity contribution < 1.29 is 23.9 Å². The maximum Gasteiger partial charge on any atom is 0.343 e. The van der Waals surface area contributed by atoms with Crippen LogP contribution < -0.4 is 20.2 Å². The summed E-state index contributed by atoms with van der Waals surface area (Å²) in [5, 5.41) is 8.10. The Balaban J connectivity index is 1.50. The summed E-state index contributed by atoms with van der Waals surface area (Å²) in [4.78, 5) is 37.3. The van der Waals surface area contributed by atoms with Gasteiger partial charge < -0.3 is 14.8 Å². The maximum atomic E-state index is 12.8. The van der Waals surface area contributed by atoms with E-state index in [0.29, 0.717) is 29.2 Å². The van der Waals surface area contributed by atoms with Crippen molar-refractivity contribution in [3.05, 3.63) is 102 Å². The molecular formula is C29H25N3O5. The highest BCUT2D eigenvalue weighted by Crippen LogP contribution is 2.27. The molecule has 0 aliphatic carbocycles. The molecule has 0 bridgehead atoms. The molecule has 0 saturated carbocycles. The first-order valence-electron chi connectivity index (χ1n) is 11.6. The van der Waals surface area contributed by atoms with Crippen molar-refractivity contribution in [3.63, 3.8) is 0 Å². The number of anilines is 1. The number of benzene rings is 4. The van der Waals surface area contributed by atoms with E-state index in [1.54, 1.807) is 48.5 Å². The number of nitrogens with zero attached hydrogens (tertiary/aromatic N) is 1. The highest BCUT2D eigenvalue weighted by molar-refractivity contribution is 6.39. The Morgan fingerprint density at radius 3 is 2.43 bits per heavy atom. The molecule has 0 atom stereocenters. The lowest BCUT2D eigenvalue weighted by atomic mass is 10.0. The Morgan fingerprint density at radius 2 is 1.68 bits per heavy atom. The van der Waals surface area contributed by atoms with Crippen LogP contribution >= 0.6 is 0 Å². The Bertz CT molecular complexity index is 1480. The van der Waals surface area contributed by atoms with E-state index in [0.717, 1.165) is 16.3 Å². The van der Waals surface area contributed by atoms with Crippen molar-refractivity contribution >= 4 is 40.5 Å². The van der Waals surface area contributed by atoms with Gasteiger partial charge in [0.25, 0.3) is 0 Å². The van der Waals surface area contributed by atoms with Crippen molar-refractivity contribution in [2.75, 3.05) is 11.9 Å². The average Bonchev–Trinajstić information content (AvgIpc) is 2.90. The predicted molar refractivity (Wildman–Crippen MR) is 142 cm³/mol. The molecule has 37 heavy (non-hydrogen) atoms. The van der Waals surface area contributed by atoms with Crippen LogP contribution in [0.3, 0.4) is 0 Å². The first-order chi connectivity index (χ1) is 17.9. The summed E-state index contributed by atoms with van der Waals surface area (Å²) >= 11 is 0. The molecule has 186 valence electrons. The second-order valence-electron chi connectivity index (χ2n) is 8.07. The Morgan fingerprint density at radius 1 is 0.892 bits per heavy atom. The number of carbonyl (C=O) groups excluding carboxylic acids is 3. The van der Waals surface area contributed by atoms with Gasteiger partial charge in [-0.15, -0.1) is 0 Å². The van der Waals surface area contributed by atoms with Crippen LogP contribution in [0.1, 0.15) is 28.4 Å². The molecule has 0 radical (unpaired) electrons. The largest absolute Gasteiger partial charge is 0.494 e. The molecule has 2 amide bonds. The lowest BCUT2D eigenvalue weighted by Gasteiger charge is -2.11. The first kappa shape index (κ1) is 25.1. The third-order valence-electron chi connectivity index (χ3n) is 5.38. The molecule has 0 unspecified atom stereocenters. The van der Waals surface area contributed by atoms with Crippen LogP contribution in [-0.4, -0.2) is 30.6 Å². The zero-order valence-corrected chi connectivity index (χ0v) is 20.4. The third-order valence-corrected chi connectivity index (χ3v) is 5.38. The number of nitrogens with one attached hydrogen (secondary N) is 2. The summed E-state index contributed by atoms with van der Waals surface area (Å²) in [5.41, 5.74) is 4.48. The molecule has 8 heteroatoms. The highest BCUT2D eigenvalue weighted by Gasteiger charge is 2.15. The zero-order valence-electron chi connectivity index (χ0n) is 20.4. The van der Waals surface area contributed by atoms with Gasteiger partial charge in [-0.1, -0.05) is 48.0 Å². The predicted octanol–water partition coefficient (Wildman–Crippen LogP) is 4.85. The summed E-state index contributed by atoms with van der Waals surface area (Å²) in [6, 6.07) is 24.7. The number of amides is 2. The molecule has 0 aliphatic heterocycles. The average molecular weight is 496 g/mol. The number of fused-ring (bicyclic) bond motifs is 1. The van der Waals surface area contributed by atoms with Gasteiger partial charge in [-0.05, 0) is 67.1 Å². The third kappa shape index (κ3) is 6.37. The SMILES string of the molecule is CCOc1ccc(NC(=O)C(=O)N/N=C\c2c(OC(=O)c3cccc(C)c3)ccc3ccccc23)cc1. The van der Waals surface area contributed by atoms with Gasteiger partial charge in [-0.3, -0.25) is 9.59 Å². The standard InChI is InChI=1S/C29H25N3O5/c1-3-36-23-14-12-22(13-15-23)31-27(33)28(34)32-30-18-25-24-10-5-4-8-20(24)11-16-26(25)37-29(35)21-9-6-7-19(2)17-21/h4-18H,3H2,1-2H3,(H,31,33)(H,32,34)/b30-18-. The fraction of sp³-hybridized carbons (Fsp3) is 0.103. The van der Waals surface area contributed by atoms with E-state index < -0.39 is 17.8 Å². The van der Waals surface area contributed by atoms with Crippen molar-refractivity contribution in [1.29, 1.82) is 0 Å². The molecule has 4 aromatic rings. The van der Waals surface area contributed by atoms with Crippen LogP contribution in [0.5, 0.6) is 11.5 Å². The fourth-order valence-corrected chi connectivity index (χ4v) is 3.62. The van der Waals surface area contributed by atoms with E-state index in [1.807, 2.05) is 50.2 Å². The number of ether oxygens (including phenoxy) is 2. The van der Waals surface area contributed by atoms with Crippen molar-refractivity contribution in [2.45, 2.75) is 13.8 Å². The van der Waals surface area contributed by atoms with Gasteiger partial charge in [-0.25, -0.2) is 10.2 Å². The number of carbonyl (C=O) groups is 3. The maximum absolute atomic E-state index is 12.8. The highest BCUT2D eigenvalue weighted by atomic mass is 16.5. The Labute approximate surface area is 213 Å². The number of hydrogen-bond acceptors (Lipinski definition) is 6. The lowest BCUT2D eigenvalue weighted by molar-refractivity contribution is -0.136. The Hall–Kier alpha value is -4.98. The van der Waals surface area contributed by atoms with E-state index in [4.69, 9.17) is 9.47 Å². The first-order valence-corrected chi connectivity index (χ1v) is 11.6. The molecule has 0 spiro atoms. The summed E-state index contributed by atoms with van der Waals surface area (Å²) < 4.78 is 11.0. The van der Waals surface area contributed by atoms with E-state index in [2.05, 4.69) is 15.8 Å². The van der Waals surface area contributed by atoms with Crippen molar-refractivity contribution in [3.8, 4) is 11.5 Å². The van der Waals surface area contributed by atoms with Gasteiger partial charge in [0.1, 0.15) is 11.5 Å². The smallest absolute Gasteiger partial charge is 0.343 e. The zero-order chi connectivity index (χ0) is 26.2. The summed E-state index contributed by atoms with van der Waals surface area (Å²) in [7, 11) is 0. The minimum Gasteiger partial charge on any atom is -0.494 e. The molecule has 0 saturated heterocycles. The monoisotopic (exact) mass is 495 g/mol. The number of aryl methyl sites for hydroxylation is 1. The number of hydrazone groups is 1. The van der Waals surface area contributed by atoms with E-state index >= 15 is 0 Å². The van der Waals surface area contributed by atoms with Gasteiger partial charge in [-0.2, -0.15) is 5.10 Å². The molecular weight excluding hydrogens is 470 g/mol. The molecule has 0 heterocycles. The lowest BCUT2D eigenvalue weighted by Crippen LogP contribution is -2.32. The summed E-state index contributed by atoms with van der Waals surface area (Å²) in [6.45, 7) is 4.28. The second-order valence-corrected chi connectivity index (χ2v) is 8.07. The van der Waals surface area contributed by atoms with E-state index in [-0.39, 0.29) is 5.75 Å². The Kier molecular flexibility index (Phi) is 7.90. The summed E-state index contributed by atoms with van der Waals surface area (Å²) in [5.74, 6) is -1.44. The van der Waals surface area contributed by atoms with Crippen LogP contribution in [0.4, 0.5) is 5.69 Å². The topological polar surface area (TPSA) is 106 Å². The fourth-order valence-electron chi connectivity index (χ4n) is 3.62. The number of rotatable bonds is 7. The van der Waals surface area contributed by atoms with Gasteiger partial charge >= 0.3 is 17.8 Å². The molecule has 4 rings (SSSR count). The number of esters is 1. The van der Waals surface area contributed by atoms with Gasteiger partial charge in [0.2, 0.25) is 0 Å². The number of hydrogen-bond donors (Lipinski definition) is 2. The molecule has 0 fully saturated rings. The molecule has 2 N–H and O–H groups in total.